The maximum absolute atomic E-state index is 12.5. The van der Waals surface area contributed by atoms with Crippen LogP contribution in [0.2, 0.25) is 0 Å². The molecule has 0 spiro atoms. The Balaban J connectivity index is 1.74. The van der Waals surface area contributed by atoms with E-state index in [0.29, 0.717) is 12.3 Å². The summed E-state index contributed by atoms with van der Waals surface area (Å²) in [6, 6.07) is 8.11. The summed E-state index contributed by atoms with van der Waals surface area (Å²) in [5, 5.41) is 0. The molecule has 4 heteroatoms. The Hall–Kier alpha value is -1.84. The van der Waals surface area contributed by atoms with Gasteiger partial charge in [0.05, 0.1) is 11.0 Å². The van der Waals surface area contributed by atoms with E-state index in [0.717, 1.165) is 42.8 Å². The molecule has 1 aliphatic rings. The Morgan fingerprint density at radius 2 is 2.14 bits per heavy atom. The molecule has 0 aliphatic carbocycles. The second kappa shape index (κ2) is 5.75. The van der Waals surface area contributed by atoms with Gasteiger partial charge in [0.15, 0.2) is 0 Å². The van der Waals surface area contributed by atoms with Gasteiger partial charge in [0, 0.05) is 25.4 Å². The molecule has 1 aromatic heterocycles. The van der Waals surface area contributed by atoms with Crippen molar-refractivity contribution in [3.05, 3.63) is 30.1 Å². The summed E-state index contributed by atoms with van der Waals surface area (Å²) in [4.78, 5) is 22.6. The predicted molar refractivity (Wildman–Crippen MR) is 88.7 cm³/mol. The number of carbonyl (C=O) groups is 1. The molecule has 1 aliphatic heterocycles. The average molecular weight is 299 g/mol. The highest BCUT2D eigenvalue weighted by Gasteiger charge is 2.28. The molecule has 0 radical (unpaired) electrons. The Kier molecular flexibility index (Phi) is 3.94. The van der Waals surface area contributed by atoms with E-state index >= 15 is 0 Å². The molecule has 1 fully saturated rings. The zero-order valence-corrected chi connectivity index (χ0v) is 13.7. The van der Waals surface area contributed by atoms with Crippen LogP contribution in [0.5, 0.6) is 0 Å². The van der Waals surface area contributed by atoms with Crippen LogP contribution < -0.4 is 0 Å². The molecule has 22 heavy (non-hydrogen) atoms. The van der Waals surface area contributed by atoms with Crippen LogP contribution in [0.25, 0.3) is 11.0 Å². The number of H-pyrrole nitrogens is 1. The van der Waals surface area contributed by atoms with Crippen molar-refractivity contribution in [3.63, 3.8) is 0 Å². The number of amides is 1. The van der Waals surface area contributed by atoms with Crippen LogP contribution in [0.15, 0.2) is 24.3 Å². The van der Waals surface area contributed by atoms with E-state index in [-0.39, 0.29) is 11.3 Å². The van der Waals surface area contributed by atoms with Crippen molar-refractivity contribution < 1.29 is 4.79 Å². The number of aromatic amines is 1. The van der Waals surface area contributed by atoms with Gasteiger partial charge in [0.25, 0.3) is 0 Å². The smallest absolute Gasteiger partial charge is 0.223 e. The van der Waals surface area contributed by atoms with Gasteiger partial charge in [0.1, 0.15) is 5.82 Å². The zero-order valence-electron chi connectivity index (χ0n) is 13.7. The van der Waals surface area contributed by atoms with Crippen molar-refractivity contribution in [1.82, 2.24) is 14.9 Å². The van der Waals surface area contributed by atoms with Gasteiger partial charge in [-0.25, -0.2) is 4.98 Å². The molecule has 118 valence electrons. The van der Waals surface area contributed by atoms with Crippen molar-refractivity contribution in [2.45, 2.75) is 46.0 Å². The van der Waals surface area contributed by atoms with Crippen LogP contribution >= 0.6 is 0 Å². The Morgan fingerprint density at radius 1 is 1.36 bits per heavy atom. The Morgan fingerprint density at radius 3 is 2.86 bits per heavy atom. The van der Waals surface area contributed by atoms with E-state index in [1.807, 2.05) is 23.1 Å². The molecular formula is C18H25N3O. The summed E-state index contributed by atoms with van der Waals surface area (Å²) in [6.45, 7) is 8.02. The second-order valence-electron chi connectivity index (χ2n) is 7.56. The number of likely N-dealkylation sites (tertiary alicyclic amines) is 1. The summed E-state index contributed by atoms with van der Waals surface area (Å²) in [7, 11) is 0. The van der Waals surface area contributed by atoms with Crippen molar-refractivity contribution in [1.29, 1.82) is 0 Å². The monoisotopic (exact) mass is 299 g/mol. The van der Waals surface area contributed by atoms with Gasteiger partial charge >= 0.3 is 0 Å². The fraction of sp³-hybridized carbons (Fsp3) is 0.556. The SMILES string of the molecule is CC(C)(C)CC(=O)N1CCCC(c2nc3ccccc3[nH]2)C1. The molecule has 0 saturated carbocycles. The van der Waals surface area contributed by atoms with Crippen LogP contribution in [-0.2, 0) is 4.79 Å². The largest absolute Gasteiger partial charge is 0.342 e. The molecule has 1 atom stereocenters. The summed E-state index contributed by atoms with van der Waals surface area (Å²) in [5.74, 6) is 1.62. The van der Waals surface area contributed by atoms with Gasteiger partial charge in [-0.2, -0.15) is 0 Å². The van der Waals surface area contributed by atoms with Gasteiger partial charge < -0.3 is 9.88 Å². The molecule has 2 heterocycles. The van der Waals surface area contributed by atoms with Gasteiger partial charge in [-0.15, -0.1) is 0 Å². The third-order valence-corrected chi connectivity index (χ3v) is 4.25. The minimum Gasteiger partial charge on any atom is -0.342 e. The number of rotatable bonds is 2. The first-order valence-electron chi connectivity index (χ1n) is 8.15. The summed E-state index contributed by atoms with van der Waals surface area (Å²) in [6.07, 6.45) is 2.76. The van der Waals surface area contributed by atoms with Crippen molar-refractivity contribution in [3.8, 4) is 0 Å². The van der Waals surface area contributed by atoms with Crippen LogP contribution in [0, 0.1) is 5.41 Å². The van der Waals surface area contributed by atoms with Crippen LogP contribution in [0.1, 0.15) is 51.8 Å². The van der Waals surface area contributed by atoms with Gasteiger partial charge in [-0.3, -0.25) is 4.79 Å². The molecule has 2 aromatic rings. The molecule has 1 N–H and O–H groups in total. The third-order valence-electron chi connectivity index (χ3n) is 4.25. The zero-order chi connectivity index (χ0) is 15.7. The first kappa shape index (κ1) is 15.1. The molecule has 0 bridgehead atoms. The molecule has 4 nitrogen and oxygen atoms in total. The normalized spacial score (nSPS) is 19.6. The standard InChI is InChI=1S/C18H25N3O/c1-18(2,3)11-16(22)21-10-6-7-13(12-21)17-19-14-8-4-5-9-15(14)20-17/h4-5,8-9,13H,6-7,10-12H2,1-3H3,(H,19,20). The molecular weight excluding hydrogens is 274 g/mol. The third kappa shape index (κ3) is 3.32. The van der Waals surface area contributed by atoms with Crippen LogP contribution in [0.3, 0.4) is 0 Å². The first-order valence-corrected chi connectivity index (χ1v) is 8.15. The van der Waals surface area contributed by atoms with Crippen molar-refractivity contribution in [2.24, 2.45) is 5.41 Å². The highest BCUT2D eigenvalue weighted by molar-refractivity contribution is 5.77. The van der Waals surface area contributed by atoms with Crippen molar-refractivity contribution in [2.75, 3.05) is 13.1 Å². The van der Waals surface area contributed by atoms with Gasteiger partial charge in [0.2, 0.25) is 5.91 Å². The first-order chi connectivity index (χ1) is 10.4. The highest BCUT2D eigenvalue weighted by atomic mass is 16.2. The number of carbonyl (C=O) groups excluding carboxylic acids is 1. The number of imidazole rings is 1. The number of hydrogen-bond acceptors (Lipinski definition) is 2. The Labute approximate surface area is 131 Å². The number of benzene rings is 1. The number of nitrogens with zero attached hydrogens (tertiary/aromatic N) is 2. The lowest BCUT2D eigenvalue weighted by molar-refractivity contribution is -0.134. The topological polar surface area (TPSA) is 49.0 Å². The molecule has 1 amide bonds. The molecule has 1 aromatic carbocycles. The van der Waals surface area contributed by atoms with Crippen molar-refractivity contribution >= 4 is 16.9 Å². The fourth-order valence-electron chi connectivity index (χ4n) is 3.16. The van der Waals surface area contributed by atoms with E-state index in [2.05, 4.69) is 31.8 Å². The second-order valence-corrected chi connectivity index (χ2v) is 7.56. The summed E-state index contributed by atoms with van der Waals surface area (Å²) < 4.78 is 0. The minimum absolute atomic E-state index is 0.0450. The van der Waals surface area contributed by atoms with E-state index in [1.54, 1.807) is 0 Å². The van der Waals surface area contributed by atoms with Crippen LogP contribution in [0.4, 0.5) is 0 Å². The lowest BCUT2D eigenvalue weighted by Crippen LogP contribution is -2.40. The van der Waals surface area contributed by atoms with Gasteiger partial charge in [-0.1, -0.05) is 32.9 Å². The number of hydrogen-bond donors (Lipinski definition) is 1. The number of piperidine rings is 1. The average Bonchev–Trinajstić information content (AvgIpc) is 2.89. The summed E-state index contributed by atoms with van der Waals surface area (Å²) >= 11 is 0. The quantitative estimate of drug-likeness (QED) is 0.919. The number of fused-ring (bicyclic) bond motifs is 1. The number of aromatic nitrogens is 2. The molecule has 1 saturated heterocycles. The predicted octanol–water partition coefficient (Wildman–Crippen LogP) is 3.71. The molecule has 3 rings (SSSR count). The minimum atomic E-state index is 0.0450. The lowest BCUT2D eigenvalue weighted by atomic mass is 9.90. The van der Waals surface area contributed by atoms with E-state index in [9.17, 15) is 4.79 Å². The van der Waals surface area contributed by atoms with Gasteiger partial charge in [-0.05, 0) is 30.4 Å². The van der Waals surface area contributed by atoms with Crippen LogP contribution in [-0.4, -0.2) is 33.9 Å². The van der Waals surface area contributed by atoms with E-state index in [4.69, 9.17) is 4.98 Å². The maximum atomic E-state index is 12.5. The number of nitrogens with one attached hydrogen (secondary N) is 1. The number of para-hydroxylation sites is 2. The van der Waals surface area contributed by atoms with E-state index in [1.165, 1.54) is 0 Å². The molecule has 1 unspecified atom stereocenters. The highest BCUT2D eigenvalue weighted by Crippen LogP contribution is 2.28. The Bertz CT molecular complexity index is 635. The summed E-state index contributed by atoms with van der Waals surface area (Å²) in [5.41, 5.74) is 2.13. The maximum Gasteiger partial charge on any atom is 0.223 e. The lowest BCUT2D eigenvalue weighted by Gasteiger charge is -2.33. The fourth-order valence-corrected chi connectivity index (χ4v) is 3.16. The van der Waals surface area contributed by atoms with E-state index < -0.39 is 0 Å².